The summed E-state index contributed by atoms with van der Waals surface area (Å²) in [6.45, 7) is 7.74. The minimum Gasteiger partial charge on any atom is -0.355 e. The van der Waals surface area contributed by atoms with Crippen molar-refractivity contribution in [3.63, 3.8) is 0 Å². The van der Waals surface area contributed by atoms with Crippen molar-refractivity contribution in [1.29, 1.82) is 0 Å². The highest BCUT2D eigenvalue weighted by Gasteiger charge is 2.11. The molecule has 4 nitrogen and oxygen atoms in total. The molecule has 1 fully saturated rings. The summed E-state index contributed by atoms with van der Waals surface area (Å²) in [4.78, 5) is 14.0. The molecule has 0 spiro atoms. The molecule has 2 N–H and O–H groups in total. The van der Waals surface area contributed by atoms with Crippen molar-refractivity contribution >= 4 is 5.91 Å². The van der Waals surface area contributed by atoms with Gasteiger partial charge in [0.15, 0.2) is 0 Å². The molecule has 1 aliphatic heterocycles. The van der Waals surface area contributed by atoms with Crippen molar-refractivity contribution in [1.82, 2.24) is 15.5 Å². The Morgan fingerprint density at radius 1 is 1.17 bits per heavy atom. The van der Waals surface area contributed by atoms with Gasteiger partial charge in [-0.25, -0.2) is 0 Å². The van der Waals surface area contributed by atoms with Crippen LogP contribution >= 0.6 is 0 Å². The summed E-state index contributed by atoms with van der Waals surface area (Å²) in [7, 11) is 0. The fraction of sp³-hybridized carbons (Fsp3) is 0.929. The van der Waals surface area contributed by atoms with Gasteiger partial charge in [-0.1, -0.05) is 32.6 Å². The average Bonchev–Trinajstić information content (AvgIpc) is 2.62. The molecule has 18 heavy (non-hydrogen) atoms. The van der Waals surface area contributed by atoms with Crippen LogP contribution in [-0.4, -0.2) is 50.1 Å². The summed E-state index contributed by atoms with van der Waals surface area (Å²) in [6.07, 6.45) is 7.38. The summed E-state index contributed by atoms with van der Waals surface area (Å²) in [5, 5.41) is 6.38. The van der Waals surface area contributed by atoms with Crippen LogP contribution in [0.25, 0.3) is 0 Å². The predicted octanol–water partition coefficient (Wildman–Crippen LogP) is 1.37. The number of nitrogens with zero attached hydrogens (tertiary/aromatic N) is 1. The molecular formula is C14H29N3O. The molecule has 0 saturated carbocycles. The summed E-state index contributed by atoms with van der Waals surface area (Å²) in [5.41, 5.74) is 0. The molecule has 0 atom stereocenters. The molecule has 0 unspecified atom stereocenters. The molecule has 0 aromatic carbocycles. The molecule has 0 radical (unpaired) electrons. The summed E-state index contributed by atoms with van der Waals surface area (Å²) >= 11 is 0. The van der Waals surface area contributed by atoms with Gasteiger partial charge in [0.25, 0.3) is 0 Å². The average molecular weight is 255 g/mol. The van der Waals surface area contributed by atoms with Gasteiger partial charge in [0.1, 0.15) is 0 Å². The zero-order chi connectivity index (χ0) is 13.1. The Morgan fingerprint density at radius 3 is 2.83 bits per heavy atom. The fourth-order valence-corrected chi connectivity index (χ4v) is 2.28. The number of carbonyl (C=O) groups is 1. The summed E-state index contributed by atoms with van der Waals surface area (Å²) < 4.78 is 0. The topological polar surface area (TPSA) is 44.4 Å². The van der Waals surface area contributed by atoms with E-state index in [2.05, 4.69) is 22.5 Å². The fourth-order valence-electron chi connectivity index (χ4n) is 2.28. The number of rotatable bonds is 8. The smallest absolute Gasteiger partial charge is 0.234 e. The van der Waals surface area contributed by atoms with Gasteiger partial charge < -0.3 is 10.6 Å². The van der Waals surface area contributed by atoms with E-state index in [9.17, 15) is 4.79 Å². The molecule has 1 heterocycles. The first-order chi connectivity index (χ1) is 8.83. The molecule has 106 valence electrons. The van der Waals surface area contributed by atoms with Crippen molar-refractivity contribution in [3.05, 3.63) is 0 Å². The van der Waals surface area contributed by atoms with Crippen LogP contribution in [0.2, 0.25) is 0 Å². The molecule has 0 bridgehead atoms. The molecule has 0 aliphatic carbocycles. The number of amides is 1. The lowest BCUT2D eigenvalue weighted by Crippen LogP contribution is -2.39. The maximum absolute atomic E-state index is 11.7. The van der Waals surface area contributed by atoms with Crippen molar-refractivity contribution in [2.45, 2.75) is 45.4 Å². The van der Waals surface area contributed by atoms with Crippen LogP contribution in [-0.2, 0) is 4.79 Å². The number of hydrogen-bond donors (Lipinski definition) is 2. The zero-order valence-corrected chi connectivity index (χ0v) is 11.8. The van der Waals surface area contributed by atoms with Crippen LogP contribution in [0.3, 0.4) is 0 Å². The standard InChI is InChI=1S/C14H29N3O/c1-2-3-4-5-6-9-16-14(18)13-17-11-7-8-15-10-12-17/h15H,2-13H2,1H3,(H,16,18). The lowest BCUT2D eigenvalue weighted by atomic mass is 10.1. The van der Waals surface area contributed by atoms with Gasteiger partial charge in [-0.2, -0.15) is 0 Å². The van der Waals surface area contributed by atoms with Crippen LogP contribution in [0.4, 0.5) is 0 Å². The monoisotopic (exact) mass is 255 g/mol. The van der Waals surface area contributed by atoms with E-state index in [1.165, 1.54) is 25.7 Å². The highest BCUT2D eigenvalue weighted by molar-refractivity contribution is 5.77. The first-order valence-corrected chi connectivity index (χ1v) is 7.52. The first-order valence-electron chi connectivity index (χ1n) is 7.52. The second-order valence-electron chi connectivity index (χ2n) is 5.14. The van der Waals surface area contributed by atoms with Crippen LogP contribution in [0.15, 0.2) is 0 Å². The van der Waals surface area contributed by atoms with E-state index in [0.29, 0.717) is 6.54 Å². The van der Waals surface area contributed by atoms with Gasteiger partial charge >= 0.3 is 0 Å². The third-order valence-electron chi connectivity index (χ3n) is 3.40. The second-order valence-corrected chi connectivity index (χ2v) is 5.14. The largest absolute Gasteiger partial charge is 0.355 e. The SMILES string of the molecule is CCCCCCCNC(=O)CN1CCCNCC1. The Kier molecular flexibility index (Phi) is 8.86. The maximum atomic E-state index is 11.7. The van der Waals surface area contributed by atoms with Gasteiger partial charge in [0, 0.05) is 19.6 Å². The van der Waals surface area contributed by atoms with Gasteiger partial charge in [-0.05, 0) is 25.9 Å². The molecular weight excluding hydrogens is 226 g/mol. The second kappa shape index (κ2) is 10.3. The molecule has 0 aromatic rings. The third-order valence-corrected chi connectivity index (χ3v) is 3.40. The summed E-state index contributed by atoms with van der Waals surface area (Å²) in [5.74, 6) is 0.187. The van der Waals surface area contributed by atoms with E-state index >= 15 is 0 Å². The molecule has 1 saturated heterocycles. The molecule has 1 rings (SSSR count). The summed E-state index contributed by atoms with van der Waals surface area (Å²) in [6, 6.07) is 0. The Labute approximate surface area is 111 Å². The van der Waals surface area contributed by atoms with Gasteiger partial charge in [0.05, 0.1) is 6.54 Å². The third kappa shape index (κ3) is 7.67. The maximum Gasteiger partial charge on any atom is 0.234 e. The Morgan fingerprint density at radius 2 is 2.00 bits per heavy atom. The van der Waals surface area contributed by atoms with Crippen molar-refractivity contribution in [2.24, 2.45) is 0 Å². The molecule has 4 heteroatoms. The zero-order valence-electron chi connectivity index (χ0n) is 11.8. The van der Waals surface area contributed by atoms with Crippen LogP contribution in [0.1, 0.15) is 45.4 Å². The van der Waals surface area contributed by atoms with E-state index in [0.717, 1.165) is 45.6 Å². The van der Waals surface area contributed by atoms with Gasteiger partial charge in [-0.15, -0.1) is 0 Å². The van der Waals surface area contributed by atoms with Crippen LogP contribution in [0, 0.1) is 0 Å². The normalized spacial score (nSPS) is 17.4. The number of nitrogens with one attached hydrogen (secondary N) is 2. The van der Waals surface area contributed by atoms with Gasteiger partial charge in [0.2, 0.25) is 5.91 Å². The Hall–Kier alpha value is -0.610. The Bertz CT molecular complexity index is 213. The predicted molar refractivity (Wildman–Crippen MR) is 75.7 cm³/mol. The van der Waals surface area contributed by atoms with Crippen LogP contribution in [0.5, 0.6) is 0 Å². The first kappa shape index (κ1) is 15.4. The van der Waals surface area contributed by atoms with Crippen molar-refractivity contribution < 1.29 is 4.79 Å². The molecule has 1 aliphatic rings. The Balaban J connectivity index is 1.98. The number of unbranched alkanes of at least 4 members (excludes halogenated alkanes) is 4. The minimum absolute atomic E-state index is 0.187. The van der Waals surface area contributed by atoms with E-state index in [4.69, 9.17) is 0 Å². The van der Waals surface area contributed by atoms with Crippen molar-refractivity contribution in [2.75, 3.05) is 39.3 Å². The van der Waals surface area contributed by atoms with E-state index in [1.807, 2.05) is 0 Å². The number of carbonyl (C=O) groups excluding carboxylic acids is 1. The highest BCUT2D eigenvalue weighted by Crippen LogP contribution is 2.01. The lowest BCUT2D eigenvalue weighted by molar-refractivity contribution is -0.122. The highest BCUT2D eigenvalue weighted by atomic mass is 16.2. The van der Waals surface area contributed by atoms with Crippen molar-refractivity contribution in [3.8, 4) is 0 Å². The lowest BCUT2D eigenvalue weighted by Gasteiger charge is -2.18. The van der Waals surface area contributed by atoms with E-state index in [1.54, 1.807) is 0 Å². The molecule has 1 amide bonds. The van der Waals surface area contributed by atoms with Crippen LogP contribution < -0.4 is 10.6 Å². The minimum atomic E-state index is 0.187. The van der Waals surface area contributed by atoms with Gasteiger partial charge in [-0.3, -0.25) is 9.69 Å². The quantitative estimate of drug-likeness (QED) is 0.644. The number of hydrogen-bond acceptors (Lipinski definition) is 3. The van der Waals surface area contributed by atoms with E-state index in [-0.39, 0.29) is 5.91 Å². The molecule has 0 aromatic heterocycles. The van der Waals surface area contributed by atoms with E-state index < -0.39 is 0 Å².